The molecule has 0 saturated heterocycles. The van der Waals surface area contributed by atoms with E-state index < -0.39 is 9.84 Å². The molecule has 0 atom stereocenters. The first kappa shape index (κ1) is 12.9. The monoisotopic (exact) mass is 240 g/mol. The van der Waals surface area contributed by atoms with Gasteiger partial charge in [0, 0.05) is 12.5 Å². The van der Waals surface area contributed by atoms with E-state index in [4.69, 9.17) is 4.74 Å². The van der Waals surface area contributed by atoms with Gasteiger partial charge in [0.05, 0.1) is 11.5 Å². The molecule has 88 valence electrons. The van der Waals surface area contributed by atoms with Gasteiger partial charge in [-0.3, -0.25) is 0 Å². The van der Waals surface area contributed by atoms with E-state index in [1.165, 1.54) is 12.5 Å². The van der Waals surface area contributed by atoms with Crippen LogP contribution in [-0.4, -0.2) is 22.1 Å². The number of sulfone groups is 1. The Morgan fingerprint density at radius 3 is 2.38 bits per heavy atom. The van der Waals surface area contributed by atoms with Crippen LogP contribution in [0, 0.1) is 6.92 Å². The fourth-order valence-corrected chi connectivity index (χ4v) is 2.57. The average molecular weight is 240 g/mol. The maximum absolute atomic E-state index is 11.9. The highest BCUT2D eigenvalue weighted by atomic mass is 32.2. The lowest BCUT2D eigenvalue weighted by molar-refractivity contribution is 0.226. The van der Waals surface area contributed by atoms with Crippen LogP contribution in [0.15, 0.2) is 40.1 Å². The summed E-state index contributed by atoms with van der Waals surface area (Å²) < 4.78 is 28.7. The molecular weight excluding hydrogens is 224 g/mol. The number of hydrogen-bond acceptors (Lipinski definition) is 3. The van der Waals surface area contributed by atoms with Gasteiger partial charge in [-0.15, -0.1) is 0 Å². The zero-order valence-electron chi connectivity index (χ0n) is 9.73. The van der Waals surface area contributed by atoms with Crippen molar-refractivity contribution in [1.82, 2.24) is 0 Å². The van der Waals surface area contributed by atoms with E-state index >= 15 is 0 Å². The van der Waals surface area contributed by atoms with Gasteiger partial charge in [0.1, 0.15) is 0 Å². The van der Waals surface area contributed by atoms with Gasteiger partial charge in [0.2, 0.25) is 0 Å². The Hall–Kier alpha value is -1.13. The third-order valence-electron chi connectivity index (χ3n) is 2.08. The van der Waals surface area contributed by atoms with Gasteiger partial charge in [-0.05, 0) is 31.6 Å². The maximum atomic E-state index is 11.9. The summed E-state index contributed by atoms with van der Waals surface area (Å²) >= 11 is 0. The van der Waals surface area contributed by atoms with Crippen LogP contribution in [0.3, 0.4) is 0 Å². The van der Waals surface area contributed by atoms with Crippen LogP contribution in [0.4, 0.5) is 0 Å². The summed E-state index contributed by atoms with van der Waals surface area (Å²) in [6, 6.07) is 6.79. The molecular formula is C12H16O3S. The van der Waals surface area contributed by atoms with Gasteiger partial charge in [0.25, 0.3) is 0 Å². The van der Waals surface area contributed by atoms with Crippen molar-refractivity contribution in [2.24, 2.45) is 0 Å². The minimum absolute atomic E-state index is 0.313. The van der Waals surface area contributed by atoms with E-state index in [1.54, 1.807) is 31.2 Å². The number of rotatable bonds is 4. The summed E-state index contributed by atoms with van der Waals surface area (Å²) in [4.78, 5) is 0.313. The van der Waals surface area contributed by atoms with Gasteiger partial charge in [-0.25, -0.2) is 8.42 Å². The quantitative estimate of drug-likeness (QED) is 0.811. The molecule has 0 spiro atoms. The highest BCUT2D eigenvalue weighted by molar-refractivity contribution is 7.94. The molecule has 0 aliphatic carbocycles. The van der Waals surface area contributed by atoms with Crippen LogP contribution in [0.5, 0.6) is 0 Å². The van der Waals surface area contributed by atoms with Crippen molar-refractivity contribution in [3.63, 3.8) is 0 Å². The minimum atomic E-state index is -3.34. The average Bonchev–Trinajstić information content (AvgIpc) is 2.17. The summed E-state index contributed by atoms with van der Waals surface area (Å²) in [5, 5.41) is 1.25. The lowest BCUT2D eigenvalue weighted by atomic mass is 10.2. The van der Waals surface area contributed by atoms with Crippen LogP contribution in [0.2, 0.25) is 0 Å². The maximum Gasteiger partial charge on any atom is 0.199 e. The normalized spacial score (nSPS) is 12.8. The molecule has 0 bridgehead atoms. The van der Waals surface area contributed by atoms with Gasteiger partial charge < -0.3 is 4.74 Å². The molecule has 0 fully saturated rings. The number of methoxy groups -OCH3 is 1. The zero-order valence-corrected chi connectivity index (χ0v) is 10.5. The van der Waals surface area contributed by atoms with E-state index in [2.05, 4.69) is 0 Å². The van der Waals surface area contributed by atoms with Crippen LogP contribution < -0.4 is 0 Å². The molecule has 0 aliphatic heterocycles. The highest BCUT2D eigenvalue weighted by Crippen LogP contribution is 2.14. The third-order valence-corrected chi connectivity index (χ3v) is 3.72. The second-order valence-electron chi connectivity index (χ2n) is 3.76. The molecule has 0 heterocycles. The van der Waals surface area contributed by atoms with Crippen molar-refractivity contribution in [1.29, 1.82) is 0 Å². The van der Waals surface area contributed by atoms with Crippen molar-refractivity contribution in [2.45, 2.75) is 18.7 Å². The Bertz CT molecular complexity index is 469. The molecule has 0 unspecified atom stereocenters. The topological polar surface area (TPSA) is 43.4 Å². The van der Waals surface area contributed by atoms with Crippen molar-refractivity contribution < 1.29 is 13.2 Å². The summed E-state index contributed by atoms with van der Waals surface area (Å²) in [5.74, 6) is 0. The lowest BCUT2D eigenvalue weighted by Gasteiger charge is -2.02. The van der Waals surface area contributed by atoms with E-state index in [-0.39, 0.29) is 0 Å². The van der Waals surface area contributed by atoms with E-state index in [9.17, 15) is 8.42 Å². The van der Waals surface area contributed by atoms with Gasteiger partial charge in [-0.1, -0.05) is 17.7 Å². The largest absolute Gasteiger partial charge is 0.380 e. The Morgan fingerprint density at radius 1 is 1.31 bits per heavy atom. The first-order valence-electron chi connectivity index (χ1n) is 4.93. The second-order valence-corrected chi connectivity index (χ2v) is 5.55. The molecule has 0 radical (unpaired) electrons. The predicted molar refractivity (Wildman–Crippen MR) is 64.0 cm³/mol. The molecule has 1 rings (SSSR count). The first-order chi connectivity index (χ1) is 7.45. The molecule has 1 aromatic rings. The second kappa shape index (κ2) is 5.27. The summed E-state index contributed by atoms with van der Waals surface area (Å²) in [5.41, 5.74) is 1.72. The molecule has 0 amide bonds. The molecule has 3 nitrogen and oxygen atoms in total. The van der Waals surface area contributed by atoms with Crippen molar-refractivity contribution in [3.8, 4) is 0 Å². The summed E-state index contributed by atoms with van der Waals surface area (Å²) in [7, 11) is -1.80. The van der Waals surface area contributed by atoms with Gasteiger partial charge >= 0.3 is 0 Å². The zero-order chi connectivity index (χ0) is 12.2. The van der Waals surface area contributed by atoms with E-state index in [0.717, 1.165) is 5.56 Å². The molecule has 1 aromatic carbocycles. The van der Waals surface area contributed by atoms with Crippen LogP contribution in [-0.2, 0) is 14.6 Å². The van der Waals surface area contributed by atoms with Crippen molar-refractivity contribution >= 4 is 9.84 Å². The summed E-state index contributed by atoms with van der Waals surface area (Å²) in [6.07, 6.45) is 0. The molecule has 0 N–H and O–H groups in total. The smallest absolute Gasteiger partial charge is 0.199 e. The fraction of sp³-hybridized carbons (Fsp3) is 0.333. The first-order valence-corrected chi connectivity index (χ1v) is 6.48. The lowest BCUT2D eigenvalue weighted by Crippen LogP contribution is -2.00. The molecule has 16 heavy (non-hydrogen) atoms. The molecule has 4 heteroatoms. The molecule has 0 aliphatic rings. The van der Waals surface area contributed by atoms with Gasteiger partial charge in [-0.2, -0.15) is 0 Å². The van der Waals surface area contributed by atoms with Crippen LogP contribution >= 0.6 is 0 Å². The van der Waals surface area contributed by atoms with Crippen LogP contribution in [0.25, 0.3) is 0 Å². The van der Waals surface area contributed by atoms with E-state index in [0.29, 0.717) is 17.1 Å². The third kappa shape index (κ3) is 3.47. The Labute approximate surface area is 96.7 Å². The predicted octanol–water partition coefficient (Wildman–Crippen LogP) is 2.32. The SMILES string of the molecule is COC/C(C)=C/S(=O)(=O)c1ccc(C)cc1. The van der Waals surface area contributed by atoms with Gasteiger partial charge in [0.15, 0.2) is 9.84 Å². The Kier molecular flexibility index (Phi) is 4.26. The highest BCUT2D eigenvalue weighted by Gasteiger charge is 2.10. The fourth-order valence-electron chi connectivity index (χ4n) is 1.32. The Balaban J connectivity index is 3.03. The van der Waals surface area contributed by atoms with Crippen LogP contribution in [0.1, 0.15) is 12.5 Å². The molecule has 0 aromatic heterocycles. The molecule has 0 saturated carbocycles. The van der Waals surface area contributed by atoms with E-state index in [1.807, 2.05) is 6.92 Å². The van der Waals surface area contributed by atoms with Crippen molar-refractivity contribution in [3.05, 3.63) is 40.8 Å². The summed E-state index contributed by atoms with van der Waals surface area (Å²) in [6.45, 7) is 3.97. The minimum Gasteiger partial charge on any atom is -0.380 e. The number of ether oxygens (including phenoxy) is 1. The Morgan fingerprint density at radius 2 is 1.88 bits per heavy atom. The number of benzene rings is 1. The standard InChI is InChI=1S/C12H16O3S/c1-10-4-6-12(7-5-10)16(13,14)9-11(2)8-15-3/h4-7,9H,8H2,1-3H3/b11-9+. The van der Waals surface area contributed by atoms with Crippen molar-refractivity contribution in [2.75, 3.05) is 13.7 Å². The number of aryl methyl sites for hydroxylation is 1. The number of hydrogen-bond donors (Lipinski definition) is 0.